The van der Waals surface area contributed by atoms with Gasteiger partial charge in [0.1, 0.15) is 11.8 Å². The summed E-state index contributed by atoms with van der Waals surface area (Å²) in [6.45, 7) is -2.87. The first-order chi connectivity index (χ1) is 10.1. The minimum absolute atomic E-state index is 0.0446. The Kier molecular flexibility index (Phi) is 4.96. The molecule has 0 bridgehead atoms. The Morgan fingerprint density at radius 3 is 2.33 bits per heavy atom. The van der Waals surface area contributed by atoms with Crippen LogP contribution in [-0.2, 0) is 0 Å². The number of rotatable bonds is 5. The topological polar surface area (TPSA) is 45.0 Å². The van der Waals surface area contributed by atoms with Crippen molar-refractivity contribution in [3.8, 4) is 11.8 Å². The molecule has 1 N–H and O–H groups in total. The standard InChI is InChI=1S/C15H11ClF2N2O/c16-12-3-1-2-4-13(12)20-14(9-19)10-5-7-11(8-6-10)21-15(17)18/h1-8,14-15,20H. The predicted molar refractivity (Wildman–Crippen MR) is 76.5 cm³/mol. The van der Waals surface area contributed by atoms with Crippen LogP contribution in [0.15, 0.2) is 48.5 Å². The van der Waals surface area contributed by atoms with Gasteiger partial charge in [0.15, 0.2) is 0 Å². The average Bonchev–Trinajstić information content (AvgIpc) is 2.47. The molecule has 0 aliphatic rings. The highest BCUT2D eigenvalue weighted by atomic mass is 35.5. The summed E-state index contributed by atoms with van der Waals surface area (Å²) < 4.78 is 28.4. The Balaban J connectivity index is 2.15. The van der Waals surface area contributed by atoms with Crippen molar-refractivity contribution in [2.75, 3.05) is 5.32 Å². The fourth-order valence-corrected chi connectivity index (χ4v) is 1.96. The SMILES string of the molecule is N#CC(Nc1ccccc1Cl)c1ccc(OC(F)F)cc1. The lowest BCUT2D eigenvalue weighted by atomic mass is 10.1. The van der Waals surface area contributed by atoms with Crippen LogP contribution in [0.3, 0.4) is 0 Å². The van der Waals surface area contributed by atoms with E-state index in [1.54, 1.807) is 36.4 Å². The van der Waals surface area contributed by atoms with E-state index in [-0.39, 0.29) is 5.75 Å². The molecule has 0 fully saturated rings. The van der Waals surface area contributed by atoms with E-state index in [4.69, 9.17) is 11.6 Å². The van der Waals surface area contributed by atoms with Crippen LogP contribution >= 0.6 is 11.6 Å². The van der Waals surface area contributed by atoms with Gasteiger partial charge < -0.3 is 10.1 Å². The number of nitrogens with zero attached hydrogens (tertiary/aromatic N) is 1. The second kappa shape index (κ2) is 6.91. The Morgan fingerprint density at radius 1 is 1.10 bits per heavy atom. The Hall–Kier alpha value is -2.32. The third-order valence-electron chi connectivity index (χ3n) is 2.74. The average molecular weight is 309 g/mol. The van der Waals surface area contributed by atoms with Crippen LogP contribution in [0.2, 0.25) is 5.02 Å². The maximum atomic E-state index is 12.1. The first-order valence-corrected chi connectivity index (χ1v) is 6.43. The highest BCUT2D eigenvalue weighted by Crippen LogP contribution is 2.26. The van der Waals surface area contributed by atoms with Gasteiger partial charge in [-0.2, -0.15) is 14.0 Å². The molecule has 0 aliphatic heterocycles. The van der Waals surface area contributed by atoms with Crippen LogP contribution in [0, 0.1) is 11.3 Å². The number of benzene rings is 2. The molecule has 2 rings (SSSR count). The molecule has 0 spiro atoms. The van der Waals surface area contributed by atoms with Crippen molar-refractivity contribution >= 4 is 17.3 Å². The molecule has 0 aliphatic carbocycles. The minimum atomic E-state index is -2.87. The summed E-state index contributed by atoms with van der Waals surface area (Å²) in [7, 11) is 0. The molecule has 0 amide bonds. The summed E-state index contributed by atoms with van der Waals surface area (Å²) in [6.07, 6.45) is 0. The molecule has 0 saturated heterocycles. The van der Waals surface area contributed by atoms with Gasteiger partial charge in [-0.15, -0.1) is 0 Å². The van der Waals surface area contributed by atoms with Gasteiger partial charge in [0.2, 0.25) is 0 Å². The number of hydrogen-bond donors (Lipinski definition) is 1. The molecule has 0 saturated carbocycles. The molecule has 2 aromatic rings. The van der Waals surface area contributed by atoms with Crippen LogP contribution < -0.4 is 10.1 Å². The van der Waals surface area contributed by atoms with Crippen LogP contribution in [0.1, 0.15) is 11.6 Å². The van der Waals surface area contributed by atoms with Gasteiger partial charge in [-0.1, -0.05) is 35.9 Å². The van der Waals surface area contributed by atoms with Crippen LogP contribution in [0.5, 0.6) is 5.75 Å². The normalized spacial score (nSPS) is 11.8. The summed E-state index contributed by atoms with van der Waals surface area (Å²) >= 11 is 6.02. The van der Waals surface area contributed by atoms with Crippen LogP contribution in [-0.4, -0.2) is 6.61 Å². The van der Waals surface area contributed by atoms with Gasteiger partial charge in [0.25, 0.3) is 0 Å². The van der Waals surface area contributed by atoms with E-state index in [9.17, 15) is 14.0 Å². The van der Waals surface area contributed by atoms with E-state index in [1.807, 2.05) is 0 Å². The van der Waals surface area contributed by atoms with Gasteiger partial charge in [0, 0.05) is 0 Å². The van der Waals surface area contributed by atoms with Gasteiger partial charge >= 0.3 is 6.61 Å². The molecule has 1 unspecified atom stereocenters. The number of nitriles is 1. The highest BCUT2D eigenvalue weighted by molar-refractivity contribution is 6.33. The zero-order valence-corrected chi connectivity index (χ0v) is 11.5. The van der Waals surface area contributed by atoms with E-state index >= 15 is 0 Å². The van der Waals surface area contributed by atoms with E-state index < -0.39 is 12.7 Å². The lowest BCUT2D eigenvalue weighted by Crippen LogP contribution is -2.09. The quantitative estimate of drug-likeness (QED) is 0.876. The predicted octanol–water partition coefficient (Wildman–Crippen LogP) is 4.62. The van der Waals surface area contributed by atoms with Crippen molar-refractivity contribution < 1.29 is 13.5 Å². The van der Waals surface area contributed by atoms with E-state index in [2.05, 4.69) is 16.1 Å². The molecule has 3 nitrogen and oxygen atoms in total. The summed E-state index contributed by atoms with van der Waals surface area (Å²) in [4.78, 5) is 0. The number of alkyl halides is 2. The smallest absolute Gasteiger partial charge is 0.387 e. The molecule has 108 valence electrons. The number of halogens is 3. The van der Waals surface area contributed by atoms with Crippen molar-refractivity contribution in [2.45, 2.75) is 12.7 Å². The van der Waals surface area contributed by atoms with Crippen LogP contribution in [0.25, 0.3) is 0 Å². The van der Waals surface area contributed by atoms with E-state index in [0.717, 1.165) is 0 Å². The van der Waals surface area contributed by atoms with Crippen LogP contribution in [0.4, 0.5) is 14.5 Å². The molecular formula is C15H11ClF2N2O. The maximum Gasteiger partial charge on any atom is 0.387 e. The summed E-state index contributed by atoms with van der Waals surface area (Å²) in [5, 5.41) is 12.7. The van der Waals surface area contributed by atoms with Gasteiger partial charge in [0.05, 0.1) is 16.8 Å². The zero-order valence-electron chi connectivity index (χ0n) is 10.8. The lowest BCUT2D eigenvalue weighted by Gasteiger charge is -2.15. The van der Waals surface area contributed by atoms with Crippen molar-refractivity contribution in [1.82, 2.24) is 0 Å². The molecular weight excluding hydrogens is 298 g/mol. The first-order valence-electron chi connectivity index (χ1n) is 6.05. The number of nitrogens with one attached hydrogen (secondary N) is 1. The molecule has 1 atom stereocenters. The molecule has 0 aromatic heterocycles. The molecule has 6 heteroatoms. The van der Waals surface area contributed by atoms with Gasteiger partial charge in [-0.05, 0) is 29.8 Å². The van der Waals surface area contributed by atoms with Gasteiger partial charge in [-0.3, -0.25) is 0 Å². The molecule has 21 heavy (non-hydrogen) atoms. The van der Waals surface area contributed by atoms with E-state index in [0.29, 0.717) is 16.3 Å². The summed E-state index contributed by atoms with van der Waals surface area (Å²) in [5.74, 6) is 0.0446. The van der Waals surface area contributed by atoms with Crippen molar-refractivity contribution in [2.24, 2.45) is 0 Å². The molecule has 0 radical (unpaired) electrons. The number of anilines is 1. The summed E-state index contributed by atoms with van der Waals surface area (Å²) in [6, 6.07) is 14.4. The third-order valence-corrected chi connectivity index (χ3v) is 3.07. The first kappa shape index (κ1) is 15.1. The maximum absolute atomic E-state index is 12.1. The number of hydrogen-bond acceptors (Lipinski definition) is 3. The fourth-order valence-electron chi connectivity index (χ4n) is 1.77. The molecule has 0 heterocycles. The number of ether oxygens (including phenoxy) is 1. The Morgan fingerprint density at radius 2 is 1.76 bits per heavy atom. The van der Waals surface area contributed by atoms with Crippen molar-refractivity contribution in [1.29, 1.82) is 5.26 Å². The van der Waals surface area contributed by atoms with Crippen molar-refractivity contribution in [3.05, 3.63) is 59.1 Å². The Labute approximate surface area is 125 Å². The summed E-state index contributed by atoms with van der Waals surface area (Å²) in [5.41, 5.74) is 1.25. The fraction of sp³-hybridized carbons (Fsp3) is 0.133. The molecule has 2 aromatic carbocycles. The second-order valence-corrected chi connectivity index (χ2v) is 4.54. The zero-order chi connectivity index (χ0) is 15.2. The van der Waals surface area contributed by atoms with E-state index in [1.165, 1.54) is 12.1 Å². The Bertz CT molecular complexity index is 641. The third kappa shape index (κ3) is 4.07. The minimum Gasteiger partial charge on any atom is -0.435 e. The monoisotopic (exact) mass is 308 g/mol. The number of para-hydroxylation sites is 1. The highest BCUT2D eigenvalue weighted by Gasteiger charge is 2.12. The second-order valence-electron chi connectivity index (χ2n) is 4.13. The van der Waals surface area contributed by atoms with Gasteiger partial charge in [-0.25, -0.2) is 0 Å². The lowest BCUT2D eigenvalue weighted by molar-refractivity contribution is -0.0498. The largest absolute Gasteiger partial charge is 0.435 e. The van der Waals surface area contributed by atoms with Crippen molar-refractivity contribution in [3.63, 3.8) is 0 Å².